The summed E-state index contributed by atoms with van der Waals surface area (Å²) in [6.07, 6.45) is 3.86. The average Bonchev–Trinajstić information content (AvgIpc) is 2.80. The van der Waals surface area contributed by atoms with Crippen LogP contribution in [0.25, 0.3) is 21.5 Å². The maximum Gasteiger partial charge on any atom is 0.193 e. The van der Waals surface area contributed by atoms with Crippen LogP contribution in [0, 0.1) is 0 Å². The number of pyridine rings is 2. The molecule has 2 aromatic heterocycles. The SMILES string of the molecule is c1ccc(CN(Cc2cccc[nH+]2)Cc2c3ccccc3cc3ccccc23)nc1. The first-order valence-electron chi connectivity index (χ1n) is 10.3. The van der Waals surface area contributed by atoms with Crippen molar-refractivity contribution in [3.8, 4) is 0 Å². The van der Waals surface area contributed by atoms with E-state index < -0.39 is 0 Å². The highest BCUT2D eigenvalue weighted by atomic mass is 15.1. The maximum absolute atomic E-state index is 4.57. The third-order valence-corrected chi connectivity index (χ3v) is 5.54. The molecule has 0 saturated heterocycles. The molecule has 0 aliphatic carbocycles. The Morgan fingerprint density at radius 1 is 0.667 bits per heavy atom. The van der Waals surface area contributed by atoms with Gasteiger partial charge in [0.05, 0.1) is 12.2 Å². The Morgan fingerprint density at radius 2 is 1.37 bits per heavy atom. The molecule has 5 rings (SSSR count). The number of H-pyrrole nitrogens is 1. The van der Waals surface area contributed by atoms with Crippen molar-refractivity contribution < 1.29 is 4.98 Å². The summed E-state index contributed by atoms with van der Waals surface area (Å²) < 4.78 is 0. The van der Waals surface area contributed by atoms with Crippen LogP contribution in [-0.2, 0) is 19.6 Å². The van der Waals surface area contributed by atoms with E-state index in [4.69, 9.17) is 0 Å². The molecule has 0 aliphatic rings. The molecule has 30 heavy (non-hydrogen) atoms. The number of rotatable bonds is 6. The van der Waals surface area contributed by atoms with Gasteiger partial charge in [-0.15, -0.1) is 0 Å². The summed E-state index contributed by atoms with van der Waals surface area (Å²) in [6.45, 7) is 2.47. The van der Waals surface area contributed by atoms with E-state index in [1.165, 1.54) is 32.8 Å². The van der Waals surface area contributed by atoms with Crippen molar-refractivity contribution in [3.63, 3.8) is 0 Å². The van der Waals surface area contributed by atoms with Gasteiger partial charge in [-0.3, -0.25) is 9.88 Å². The normalized spacial score (nSPS) is 11.4. The number of benzene rings is 3. The van der Waals surface area contributed by atoms with Gasteiger partial charge in [-0.25, -0.2) is 4.98 Å². The Hall–Kier alpha value is -3.56. The molecule has 0 aliphatic heterocycles. The highest BCUT2D eigenvalue weighted by Crippen LogP contribution is 2.30. The molecule has 0 bridgehead atoms. The summed E-state index contributed by atoms with van der Waals surface area (Å²) in [5.41, 5.74) is 3.64. The number of hydrogen-bond donors (Lipinski definition) is 0. The standard InChI is InChI=1S/C27H23N3/c1-3-13-25-21(9-1)17-22-10-2-4-14-26(22)27(25)20-30(18-23-11-5-7-15-28-23)19-24-12-6-8-16-29-24/h1-17H,18-20H2/p+1. The number of nitrogens with zero attached hydrogens (tertiary/aromatic N) is 2. The van der Waals surface area contributed by atoms with Crippen LogP contribution < -0.4 is 4.98 Å². The zero-order chi connectivity index (χ0) is 20.2. The van der Waals surface area contributed by atoms with Crippen LogP contribution in [-0.4, -0.2) is 9.88 Å². The number of hydrogen-bond acceptors (Lipinski definition) is 2. The summed E-state index contributed by atoms with van der Waals surface area (Å²) in [7, 11) is 0. The van der Waals surface area contributed by atoms with E-state index in [0.29, 0.717) is 0 Å². The van der Waals surface area contributed by atoms with Gasteiger partial charge in [-0.2, -0.15) is 0 Å². The third kappa shape index (κ3) is 3.93. The Labute approximate surface area is 176 Å². The quantitative estimate of drug-likeness (QED) is 0.363. The molecule has 0 amide bonds. The van der Waals surface area contributed by atoms with Crippen molar-refractivity contribution in [3.05, 3.63) is 120 Å². The molecule has 0 spiro atoms. The summed E-state index contributed by atoms with van der Waals surface area (Å²) >= 11 is 0. The summed E-state index contributed by atoms with van der Waals surface area (Å²) in [4.78, 5) is 10.4. The van der Waals surface area contributed by atoms with Gasteiger partial charge in [-0.05, 0) is 45.3 Å². The van der Waals surface area contributed by atoms with E-state index in [2.05, 4.69) is 93.7 Å². The largest absolute Gasteiger partial charge is 0.283 e. The summed E-state index contributed by atoms with van der Waals surface area (Å²) in [5, 5.41) is 5.21. The zero-order valence-electron chi connectivity index (χ0n) is 16.8. The predicted molar refractivity (Wildman–Crippen MR) is 122 cm³/mol. The lowest BCUT2D eigenvalue weighted by Gasteiger charge is -2.22. The minimum absolute atomic E-state index is 0.793. The summed E-state index contributed by atoms with van der Waals surface area (Å²) in [5.74, 6) is 0. The first kappa shape index (κ1) is 18.5. The Morgan fingerprint density at radius 3 is 2.03 bits per heavy atom. The molecule has 3 nitrogen and oxygen atoms in total. The van der Waals surface area contributed by atoms with E-state index in [-0.39, 0.29) is 0 Å². The van der Waals surface area contributed by atoms with Crippen LogP contribution in [0.4, 0.5) is 0 Å². The molecule has 3 aromatic carbocycles. The van der Waals surface area contributed by atoms with Crippen LogP contribution in [0.5, 0.6) is 0 Å². The molecular weight excluding hydrogens is 366 g/mol. The van der Waals surface area contributed by atoms with Crippen LogP contribution in [0.2, 0.25) is 0 Å². The highest BCUT2D eigenvalue weighted by molar-refractivity contribution is 6.02. The second kappa shape index (κ2) is 8.44. The number of fused-ring (bicyclic) bond motifs is 2. The number of aromatic amines is 1. The van der Waals surface area contributed by atoms with Crippen molar-refractivity contribution in [1.29, 1.82) is 0 Å². The van der Waals surface area contributed by atoms with Gasteiger partial charge in [0.25, 0.3) is 0 Å². The Kier molecular flexibility index (Phi) is 5.19. The van der Waals surface area contributed by atoms with E-state index in [0.717, 1.165) is 25.3 Å². The van der Waals surface area contributed by atoms with E-state index >= 15 is 0 Å². The fraction of sp³-hybridized carbons (Fsp3) is 0.111. The summed E-state index contributed by atoms with van der Waals surface area (Å²) in [6, 6.07) is 32.1. The maximum atomic E-state index is 4.57. The molecule has 0 atom stereocenters. The van der Waals surface area contributed by atoms with Crippen molar-refractivity contribution in [1.82, 2.24) is 9.88 Å². The number of aromatic nitrogens is 2. The molecule has 0 fully saturated rings. The minimum Gasteiger partial charge on any atom is -0.283 e. The molecule has 2 heterocycles. The fourth-order valence-corrected chi connectivity index (χ4v) is 4.16. The second-order valence-corrected chi connectivity index (χ2v) is 7.65. The molecule has 0 saturated carbocycles. The lowest BCUT2D eigenvalue weighted by atomic mass is 9.96. The minimum atomic E-state index is 0.793. The topological polar surface area (TPSA) is 30.3 Å². The van der Waals surface area contributed by atoms with Gasteiger partial charge in [-0.1, -0.05) is 60.7 Å². The van der Waals surface area contributed by atoms with Crippen molar-refractivity contribution in [2.75, 3.05) is 0 Å². The lowest BCUT2D eigenvalue weighted by Crippen LogP contribution is -2.26. The van der Waals surface area contributed by atoms with Gasteiger partial charge in [0.2, 0.25) is 0 Å². The fourth-order valence-electron chi connectivity index (χ4n) is 4.16. The van der Waals surface area contributed by atoms with E-state index in [9.17, 15) is 0 Å². The van der Waals surface area contributed by atoms with Crippen LogP contribution in [0.15, 0.2) is 103 Å². The molecule has 0 radical (unpaired) electrons. The zero-order valence-corrected chi connectivity index (χ0v) is 16.8. The third-order valence-electron chi connectivity index (χ3n) is 5.54. The monoisotopic (exact) mass is 390 g/mol. The number of nitrogens with one attached hydrogen (secondary N) is 1. The molecule has 1 N–H and O–H groups in total. The van der Waals surface area contributed by atoms with Gasteiger partial charge in [0.15, 0.2) is 11.9 Å². The Balaban J connectivity index is 1.58. The first-order valence-corrected chi connectivity index (χ1v) is 10.3. The first-order chi connectivity index (χ1) is 14.9. The highest BCUT2D eigenvalue weighted by Gasteiger charge is 2.16. The van der Waals surface area contributed by atoms with Crippen LogP contribution in [0.3, 0.4) is 0 Å². The smallest absolute Gasteiger partial charge is 0.193 e. The van der Waals surface area contributed by atoms with Crippen molar-refractivity contribution >= 4 is 21.5 Å². The van der Waals surface area contributed by atoms with Gasteiger partial charge in [0, 0.05) is 31.4 Å². The Bertz CT molecular complexity index is 1170. The van der Waals surface area contributed by atoms with Crippen LogP contribution >= 0.6 is 0 Å². The van der Waals surface area contributed by atoms with Gasteiger partial charge in [0.1, 0.15) is 0 Å². The molecule has 3 heteroatoms. The van der Waals surface area contributed by atoms with Crippen molar-refractivity contribution in [2.24, 2.45) is 0 Å². The average molecular weight is 391 g/mol. The molecular formula is C27H24N3+. The molecule has 5 aromatic rings. The van der Waals surface area contributed by atoms with E-state index in [1.54, 1.807) is 0 Å². The van der Waals surface area contributed by atoms with Gasteiger partial charge < -0.3 is 0 Å². The van der Waals surface area contributed by atoms with E-state index in [1.807, 2.05) is 24.5 Å². The van der Waals surface area contributed by atoms with Crippen molar-refractivity contribution in [2.45, 2.75) is 19.6 Å². The van der Waals surface area contributed by atoms with Crippen LogP contribution in [0.1, 0.15) is 17.0 Å². The molecule has 146 valence electrons. The molecule has 0 unspecified atom stereocenters. The second-order valence-electron chi connectivity index (χ2n) is 7.65. The lowest BCUT2D eigenvalue weighted by molar-refractivity contribution is -0.393. The predicted octanol–water partition coefficient (Wildman–Crippen LogP) is 5.40. The van der Waals surface area contributed by atoms with Gasteiger partial charge >= 0.3 is 0 Å².